The Morgan fingerprint density at radius 2 is 1.19 bits per heavy atom. The van der Waals surface area contributed by atoms with E-state index in [1.807, 2.05) is 60.7 Å². The normalized spacial score (nSPS) is 14.2. The molecule has 0 spiro atoms. The zero-order valence-corrected chi connectivity index (χ0v) is 20.9. The Morgan fingerprint density at radius 1 is 0.676 bits per heavy atom. The van der Waals surface area contributed by atoms with E-state index in [0.717, 1.165) is 5.56 Å². The van der Waals surface area contributed by atoms with E-state index in [4.69, 9.17) is 18.9 Å². The minimum absolute atomic E-state index is 0.0865. The van der Waals surface area contributed by atoms with E-state index in [1.54, 1.807) is 51.7 Å². The molecule has 1 aliphatic carbocycles. The van der Waals surface area contributed by atoms with Gasteiger partial charge in [0.1, 0.15) is 5.60 Å². The lowest BCUT2D eigenvalue weighted by Gasteiger charge is -2.42. The van der Waals surface area contributed by atoms with E-state index >= 15 is 0 Å². The fourth-order valence-electron chi connectivity index (χ4n) is 5.13. The molecule has 6 nitrogen and oxygen atoms in total. The molecule has 5 rings (SSSR count). The van der Waals surface area contributed by atoms with Crippen LogP contribution in [0.5, 0.6) is 23.0 Å². The fourth-order valence-corrected chi connectivity index (χ4v) is 5.13. The Labute approximate surface area is 216 Å². The first-order valence-corrected chi connectivity index (χ1v) is 12.0. The Morgan fingerprint density at radius 3 is 1.78 bits per heavy atom. The first kappa shape index (κ1) is 24.4. The number of carbonyl (C=O) groups excluding carboxylic acids is 1. The summed E-state index contributed by atoms with van der Waals surface area (Å²) in [6.07, 6.45) is 0. The third-order valence-electron chi connectivity index (χ3n) is 6.95. The van der Waals surface area contributed by atoms with Gasteiger partial charge in [0.2, 0.25) is 0 Å². The van der Waals surface area contributed by atoms with E-state index in [-0.39, 0.29) is 12.4 Å². The van der Waals surface area contributed by atoms with Crippen molar-refractivity contribution in [1.82, 2.24) is 0 Å². The molecule has 1 atom stereocenters. The minimum atomic E-state index is -1.58. The maximum absolute atomic E-state index is 13.4. The number of hydrogen-bond donors (Lipinski definition) is 1. The highest BCUT2D eigenvalue weighted by molar-refractivity contribution is 6.13. The van der Waals surface area contributed by atoms with Crippen LogP contribution >= 0.6 is 0 Å². The van der Waals surface area contributed by atoms with Crippen molar-refractivity contribution in [2.45, 2.75) is 11.5 Å². The maximum atomic E-state index is 13.4. The van der Waals surface area contributed by atoms with Gasteiger partial charge in [-0.1, -0.05) is 66.7 Å². The monoisotopic (exact) mass is 496 g/mol. The molecule has 188 valence electrons. The van der Waals surface area contributed by atoms with E-state index in [9.17, 15) is 9.90 Å². The first-order chi connectivity index (χ1) is 18.0. The first-order valence-electron chi connectivity index (χ1n) is 12.0. The highest BCUT2D eigenvalue weighted by Gasteiger charge is 2.48. The van der Waals surface area contributed by atoms with Crippen LogP contribution in [0.4, 0.5) is 0 Å². The number of hydrogen-bond acceptors (Lipinski definition) is 6. The average molecular weight is 497 g/mol. The average Bonchev–Trinajstić information content (AvgIpc) is 2.96. The summed E-state index contributed by atoms with van der Waals surface area (Å²) in [5, 5.41) is 12.8. The van der Waals surface area contributed by atoms with Crippen molar-refractivity contribution >= 4 is 5.78 Å². The van der Waals surface area contributed by atoms with Gasteiger partial charge in [-0.25, -0.2) is 0 Å². The maximum Gasteiger partial charge on any atom is 0.193 e. The number of ether oxygens (including phenoxy) is 4. The molecule has 4 aromatic rings. The largest absolute Gasteiger partial charge is 0.493 e. The van der Waals surface area contributed by atoms with Crippen LogP contribution < -0.4 is 18.9 Å². The van der Waals surface area contributed by atoms with Crippen molar-refractivity contribution < 1.29 is 28.8 Å². The lowest BCUT2D eigenvalue weighted by Crippen LogP contribution is -2.43. The van der Waals surface area contributed by atoms with Gasteiger partial charge >= 0.3 is 0 Å². The molecule has 0 amide bonds. The SMILES string of the molecule is COc1ccc([C@@H](COc2ccccc2OC)C2(O)c3ccccc3C(=O)c3ccccc32)cc1OC. The van der Waals surface area contributed by atoms with Gasteiger partial charge < -0.3 is 24.1 Å². The minimum Gasteiger partial charge on any atom is -0.493 e. The van der Waals surface area contributed by atoms with Crippen LogP contribution in [0, 0.1) is 0 Å². The summed E-state index contributed by atoms with van der Waals surface area (Å²) in [5.41, 5.74) is 1.17. The molecule has 0 aliphatic heterocycles. The standard InChI is InChI=1S/C31H28O6/c1-34-26-14-8-9-15-28(26)37-19-25(20-16-17-27(35-2)29(18-20)36-3)31(33)23-12-6-4-10-21(23)30(32)22-11-5-7-13-24(22)31/h4-18,25,33H,19H2,1-3H3/t25-/m1/s1. The van der Waals surface area contributed by atoms with Crippen molar-refractivity contribution in [3.05, 3.63) is 119 Å². The second kappa shape index (κ2) is 9.99. The van der Waals surface area contributed by atoms with Crippen molar-refractivity contribution in [3.63, 3.8) is 0 Å². The Balaban J connectivity index is 1.72. The molecule has 0 bridgehead atoms. The number of fused-ring (bicyclic) bond motifs is 2. The van der Waals surface area contributed by atoms with Crippen LogP contribution in [0.2, 0.25) is 0 Å². The van der Waals surface area contributed by atoms with Gasteiger partial charge in [-0.2, -0.15) is 0 Å². The third-order valence-corrected chi connectivity index (χ3v) is 6.95. The molecule has 0 aromatic heterocycles. The van der Waals surface area contributed by atoms with Crippen LogP contribution in [0.3, 0.4) is 0 Å². The number of para-hydroxylation sites is 2. The zero-order valence-electron chi connectivity index (χ0n) is 20.9. The Bertz CT molecular complexity index is 1390. The van der Waals surface area contributed by atoms with E-state index in [0.29, 0.717) is 45.3 Å². The van der Waals surface area contributed by atoms with Crippen molar-refractivity contribution in [2.75, 3.05) is 27.9 Å². The molecule has 0 fully saturated rings. The van der Waals surface area contributed by atoms with E-state index in [2.05, 4.69) is 0 Å². The van der Waals surface area contributed by atoms with Gasteiger partial charge in [-0.3, -0.25) is 4.79 Å². The molecular formula is C31H28O6. The quantitative estimate of drug-likeness (QED) is 0.354. The number of methoxy groups -OCH3 is 3. The van der Waals surface area contributed by atoms with Gasteiger partial charge in [0.25, 0.3) is 0 Å². The fraction of sp³-hybridized carbons (Fsp3) is 0.194. The number of ketones is 1. The second-order valence-electron chi connectivity index (χ2n) is 8.82. The Kier molecular flexibility index (Phi) is 6.59. The highest BCUT2D eigenvalue weighted by Crippen LogP contribution is 2.49. The zero-order chi connectivity index (χ0) is 26.0. The molecule has 0 radical (unpaired) electrons. The molecule has 1 aliphatic rings. The summed E-state index contributed by atoms with van der Waals surface area (Å²) >= 11 is 0. The van der Waals surface area contributed by atoms with Crippen molar-refractivity contribution in [3.8, 4) is 23.0 Å². The van der Waals surface area contributed by atoms with Crippen LogP contribution in [-0.2, 0) is 5.60 Å². The number of rotatable bonds is 8. The van der Waals surface area contributed by atoms with Crippen LogP contribution in [0.1, 0.15) is 38.5 Å². The molecule has 1 N–H and O–H groups in total. The Hall–Kier alpha value is -4.29. The van der Waals surface area contributed by atoms with E-state index in [1.165, 1.54) is 0 Å². The molecule has 0 unspecified atom stereocenters. The lowest BCUT2D eigenvalue weighted by atomic mass is 9.66. The smallest absolute Gasteiger partial charge is 0.193 e. The van der Waals surface area contributed by atoms with Gasteiger partial charge in [-0.05, 0) is 41.0 Å². The van der Waals surface area contributed by atoms with Gasteiger partial charge in [0, 0.05) is 11.1 Å². The molecule has 37 heavy (non-hydrogen) atoms. The third kappa shape index (κ3) is 4.09. The molecule has 0 saturated heterocycles. The highest BCUT2D eigenvalue weighted by atomic mass is 16.5. The van der Waals surface area contributed by atoms with Crippen molar-refractivity contribution in [2.24, 2.45) is 0 Å². The van der Waals surface area contributed by atoms with Crippen molar-refractivity contribution in [1.29, 1.82) is 0 Å². The predicted molar refractivity (Wildman–Crippen MR) is 140 cm³/mol. The summed E-state index contributed by atoms with van der Waals surface area (Å²) in [6, 6.07) is 27.3. The van der Waals surface area contributed by atoms with Gasteiger partial charge in [0.05, 0.1) is 33.9 Å². The van der Waals surface area contributed by atoms with Crippen LogP contribution in [-0.4, -0.2) is 38.8 Å². The van der Waals surface area contributed by atoms with Crippen LogP contribution in [0.15, 0.2) is 91.0 Å². The van der Waals surface area contributed by atoms with Gasteiger partial charge in [0.15, 0.2) is 28.8 Å². The summed E-state index contributed by atoms with van der Waals surface area (Å²) in [4.78, 5) is 13.4. The second-order valence-corrected chi connectivity index (χ2v) is 8.82. The summed E-state index contributed by atoms with van der Waals surface area (Å²) < 4.78 is 22.8. The lowest BCUT2D eigenvalue weighted by molar-refractivity contribution is 0.0264. The van der Waals surface area contributed by atoms with Gasteiger partial charge in [-0.15, -0.1) is 0 Å². The molecule has 0 heterocycles. The number of aliphatic hydroxyl groups is 1. The molecular weight excluding hydrogens is 468 g/mol. The molecule has 0 saturated carbocycles. The summed E-state index contributed by atoms with van der Waals surface area (Å²) in [6.45, 7) is 0.0865. The summed E-state index contributed by atoms with van der Waals surface area (Å²) in [5.74, 6) is 1.48. The molecule has 6 heteroatoms. The molecule has 4 aromatic carbocycles. The summed E-state index contributed by atoms with van der Waals surface area (Å²) in [7, 11) is 4.73. The van der Waals surface area contributed by atoms with E-state index < -0.39 is 11.5 Å². The van der Waals surface area contributed by atoms with Crippen LogP contribution in [0.25, 0.3) is 0 Å². The number of benzene rings is 4. The topological polar surface area (TPSA) is 74.2 Å². The number of carbonyl (C=O) groups is 1. The predicted octanol–water partition coefficient (Wildman–Crippen LogP) is 5.36.